The summed E-state index contributed by atoms with van der Waals surface area (Å²) in [4.78, 5) is 15.7. The molecule has 1 saturated carbocycles. The van der Waals surface area contributed by atoms with Gasteiger partial charge in [0.1, 0.15) is 5.01 Å². The van der Waals surface area contributed by atoms with Crippen LogP contribution in [-0.2, 0) is 21.7 Å². The monoisotopic (exact) mass is 299 g/mol. The highest BCUT2D eigenvalue weighted by atomic mass is 32.2. The van der Waals surface area contributed by atoms with Crippen LogP contribution in [0.3, 0.4) is 0 Å². The van der Waals surface area contributed by atoms with Crippen molar-refractivity contribution in [1.29, 1.82) is 0 Å². The number of hydrogen-bond donors (Lipinski definition) is 0. The van der Waals surface area contributed by atoms with E-state index < -0.39 is 0 Å². The van der Waals surface area contributed by atoms with E-state index in [9.17, 15) is 4.79 Å². The molecule has 0 spiro atoms. The van der Waals surface area contributed by atoms with Gasteiger partial charge in [-0.1, -0.05) is 19.3 Å². The summed E-state index contributed by atoms with van der Waals surface area (Å²) < 4.78 is 4.64. The largest absolute Gasteiger partial charge is 0.469 e. The number of rotatable bonds is 6. The molecule has 1 aromatic rings. The van der Waals surface area contributed by atoms with Gasteiger partial charge in [-0.25, -0.2) is 4.98 Å². The first kappa shape index (κ1) is 14.9. The first-order valence-electron chi connectivity index (χ1n) is 6.89. The predicted octanol–water partition coefficient (Wildman–Crippen LogP) is 3.81. The summed E-state index contributed by atoms with van der Waals surface area (Å²) in [6.45, 7) is 0. The zero-order chi connectivity index (χ0) is 13.5. The second-order valence-electron chi connectivity index (χ2n) is 4.88. The smallest absolute Gasteiger partial charge is 0.305 e. The molecule has 0 aromatic carbocycles. The number of esters is 1. The molecule has 0 unspecified atom stereocenters. The highest BCUT2D eigenvalue weighted by molar-refractivity contribution is 7.99. The van der Waals surface area contributed by atoms with Crippen LogP contribution < -0.4 is 0 Å². The van der Waals surface area contributed by atoms with Crippen molar-refractivity contribution in [1.82, 2.24) is 4.98 Å². The maximum Gasteiger partial charge on any atom is 0.305 e. The van der Waals surface area contributed by atoms with Gasteiger partial charge < -0.3 is 4.74 Å². The molecule has 0 bridgehead atoms. The lowest BCUT2D eigenvalue weighted by molar-refractivity contribution is -0.140. The molecule has 0 amide bonds. The molecule has 1 aromatic heterocycles. The van der Waals surface area contributed by atoms with Gasteiger partial charge in [0.25, 0.3) is 0 Å². The molecule has 1 fully saturated rings. The van der Waals surface area contributed by atoms with Crippen LogP contribution in [0.15, 0.2) is 5.38 Å². The van der Waals surface area contributed by atoms with E-state index in [-0.39, 0.29) is 5.97 Å². The summed E-state index contributed by atoms with van der Waals surface area (Å²) in [6, 6.07) is 0. The highest BCUT2D eigenvalue weighted by Gasteiger charge is 2.14. The molecule has 1 aliphatic rings. The van der Waals surface area contributed by atoms with Gasteiger partial charge in [-0.05, 0) is 12.8 Å². The molecule has 3 nitrogen and oxygen atoms in total. The van der Waals surface area contributed by atoms with Crippen molar-refractivity contribution in [3.63, 3.8) is 0 Å². The summed E-state index contributed by atoms with van der Waals surface area (Å²) in [7, 11) is 1.43. The number of thiazole rings is 1. The Hall–Kier alpha value is -0.550. The quantitative estimate of drug-likeness (QED) is 0.749. The molecule has 2 rings (SSSR count). The van der Waals surface area contributed by atoms with Crippen LogP contribution in [0.25, 0.3) is 0 Å². The van der Waals surface area contributed by atoms with Crippen LogP contribution in [0, 0.1) is 0 Å². The van der Waals surface area contributed by atoms with Crippen molar-refractivity contribution in [2.24, 2.45) is 0 Å². The average molecular weight is 299 g/mol. The van der Waals surface area contributed by atoms with Gasteiger partial charge in [-0.15, -0.1) is 11.3 Å². The number of aryl methyl sites for hydroxylation is 1. The normalized spacial score (nSPS) is 16.5. The third kappa shape index (κ3) is 5.15. The Morgan fingerprint density at radius 1 is 1.47 bits per heavy atom. The first-order chi connectivity index (χ1) is 9.28. The fraction of sp³-hybridized carbons (Fsp3) is 0.714. The number of aromatic nitrogens is 1. The van der Waals surface area contributed by atoms with Crippen LogP contribution in [0.1, 0.15) is 49.2 Å². The average Bonchev–Trinajstić information content (AvgIpc) is 2.91. The van der Waals surface area contributed by atoms with Crippen molar-refractivity contribution in [3.05, 3.63) is 16.1 Å². The predicted molar refractivity (Wildman–Crippen MR) is 80.6 cm³/mol. The SMILES string of the molecule is COC(=O)CCc1csc(CSC2CCCCC2)n1. The molecule has 0 atom stereocenters. The van der Waals surface area contributed by atoms with Gasteiger partial charge in [-0.3, -0.25) is 4.79 Å². The molecule has 0 N–H and O–H groups in total. The van der Waals surface area contributed by atoms with Gasteiger partial charge in [0.2, 0.25) is 0 Å². The zero-order valence-corrected chi connectivity index (χ0v) is 13.0. The van der Waals surface area contributed by atoms with E-state index in [2.05, 4.69) is 15.1 Å². The van der Waals surface area contributed by atoms with Crippen LogP contribution in [-0.4, -0.2) is 23.3 Å². The van der Waals surface area contributed by atoms with E-state index >= 15 is 0 Å². The molecule has 19 heavy (non-hydrogen) atoms. The molecular formula is C14H21NO2S2. The van der Waals surface area contributed by atoms with Crippen LogP contribution >= 0.6 is 23.1 Å². The lowest BCUT2D eigenvalue weighted by Gasteiger charge is -2.20. The molecule has 0 aliphatic heterocycles. The van der Waals surface area contributed by atoms with E-state index in [0.717, 1.165) is 16.7 Å². The van der Waals surface area contributed by atoms with Gasteiger partial charge >= 0.3 is 5.97 Å². The first-order valence-corrected chi connectivity index (χ1v) is 8.82. The topological polar surface area (TPSA) is 39.2 Å². The van der Waals surface area contributed by atoms with Crippen LogP contribution in [0.2, 0.25) is 0 Å². The minimum absolute atomic E-state index is 0.161. The summed E-state index contributed by atoms with van der Waals surface area (Å²) in [5.41, 5.74) is 1.02. The minimum atomic E-state index is -0.161. The minimum Gasteiger partial charge on any atom is -0.469 e. The Morgan fingerprint density at radius 2 is 2.26 bits per heavy atom. The number of thioether (sulfide) groups is 1. The fourth-order valence-electron chi connectivity index (χ4n) is 2.28. The maximum atomic E-state index is 11.1. The number of carbonyl (C=O) groups is 1. The Balaban J connectivity index is 1.72. The van der Waals surface area contributed by atoms with Gasteiger partial charge in [-0.2, -0.15) is 11.8 Å². The Kier molecular flexibility index (Phi) is 6.17. The molecule has 1 heterocycles. The lowest BCUT2D eigenvalue weighted by Crippen LogP contribution is -2.08. The van der Waals surface area contributed by atoms with E-state index in [1.807, 2.05) is 11.8 Å². The van der Waals surface area contributed by atoms with Crippen LogP contribution in [0.4, 0.5) is 0 Å². The molecule has 0 radical (unpaired) electrons. The third-order valence-electron chi connectivity index (χ3n) is 3.41. The number of ether oxygens (including phenoxy) is 1. The summed E-state index contributed by atoms with van der Waals surface area (Å²) in [5.74, 6) is 0.860. The number of hydrogen-bond acceptors (Lipinski definition) is 5. The molecule has 1 aliphatic carbocycles. The van der Waals surface area contributed by atoms with Gasteiger partial charge in [0.15, 0.2) is 0 Å². The summed E-state index contributed by atoms with van der Waals surface area (Å²) >= 11 is 3.76. The number of nitrogens with zero attached hydrogens (tertiary/aromatic N) is 1. The Labute approximate surface area is 123 Å². The van der Waals surface area contributed by atoms with E-state index in [1.165, 1.54) is 44.2 Å². The summed E-state index contributed by atoms with van der Waals surface area (Å²) in [6.07, 6.45) is 8.04. The number of carbonyl (C=O) groups excluding carboxylic acids is 1. The standard InChI is InChI=1S/C14H21NO2S2/c1-17-14(16)8-7-11-9-19-13(15-11)10-18-12-5-3-2-4-6-12/h9,12H,2-8,10H2,1H3. The van der Waals surface area contributed by atoms with Crippen molar-refractivity contribution in [3.8, 4) is 0 Å². The molecule has 5 heteroatoms. The number of methoxy groups -OCH3 is 1. The van der Waals surface area contributed by atoms with Crippen molar-refractivity contribution < 1.29 is 9.53 Å². The Bertz CT molecular complexity index is 400. The highest BCUT2D eigenvalue weighted by Crippen LogP contribution is 2.31. The van der Waals surface area contributed by atoms with Gasteiger partial charge in [0.05, 0.1) is 19.2 Å². The molecule has 0 saturated heterocycles. The Morgan fingerprint density at radius 3 is 3.00 bits per heavy atom. The summed E-state index contributed by atoms with van der Waals surface area (Å²) in [5, 5.41) is 4.09. The molecular weight excluding hydrogens is 278 g/mol. The van der Waals surface area contributed by atoms with E-state index in [1.54, 1.807) is 11.3 Å². The second-order valence-corrected chi connectivity index (χ2v) is 7.11. The lowest BCUT2D eigenvalue weighted by atomic mass is 10.0. The zero-order valence-electron chi connectivity index (χ0n) is 11.4. The second kappa shape index (κ2) is 7.90. The maximum absolute atomic E-state index is 11.1. The third-order valence-corrected chi connectivity index (χ3v) is 5.87. The van der Waals surface area contributed by atoms with Crippen LogP contribution in [0.5, 0.6) is 0 Å². The van der Waals surface area contributed by atoms with E-state index in [4.69, 9.17) is 0 Å². The van der Waals surface area contributed by atoms with Crippen molar-refractivity contribution in [2.45, 2.75) is 55.9 Å². The van der Waals surface area contributed by atoms with Crippen molar-refractivity contribution >= 4 is 29.1 Å². The van der Waals surface area contributed by atoms with E-state index in [0.29, 0.717) is 12.8 Å². The van der Waals surface area contributed by atoms with Crippen molar-refractivity contribution in [2.75, 3.05) is 7.11 Å². The van der Waals surface area contributed by atoms with Gasteiger partial charge in [0, 0.05) is 22.8 Å². The fourth-order valence-corrected chi connectivity index (χ4v) is 4.48. The molecule has 106 valence electrons.